The van der Waals surface area contributed by atoms with Gasteiger partial charge in [0.05, 0.1) is 13.2 Å². The van der Waals surface area contributed by atoms with Crippen LogP contribution in [0.15, 0.2) is 12.2 Å². The van der Waals surface area contributed by atoms with Crippen LogP contribution in [0.3, 0.4) is 0 Å². The third kappa shape index (κ3) is 8.37. The molecular formula is C18H34N2O3. The van der Waals surface area contributed by atoms with Crippen LogP contribution in [-0.4, -0.2) is 55.0 Å². The van der Waals surface area contributed by atoms with Crippen LogP contribution in [0.25, 0.3) is 0 Å². The van der Waals surface area contributed by atoms with Crippen molar-refractivity contribution in [3.63, 3.8) is 0 Å². The Hall–Kier alpha value is -1.07. The zero-order valence-corrected chi connectivity index (χ0v) is 15.5. The molecule has 1 amide bonds. The molecule has 0 aliphatic carbocycles. The fraction of sp³-hybridized carbons (Fsp3) is 0.833. The summed E-state index contributed by atoms with van der Waals surface area (Å²) in [7, 11) is 0. The van der Waals surface area contributed by atoms with Crippen molar-refractivity contribution in [3.8, 4) is 0 Å². The van der Waals surface area contributed by atoms with Gasteiger partial charge in [0.1, 0.15) is 5.60 Å². The lowest BCUT2D eigenvalue weighted by Crippen LogP contribution is -2.43. The Bertz CT molecular complexity index is 390. The summed E-state index contributed by atoms with van der Waals surface area (Å²) >= 11 is 0. The van der Waals surface area contributed by atoms with Crippen LogP contribution in [-0.2, 0) is 9.47 Å². The van der Waals surface area contributed by atoms with Gasteiger partial charge in [-0.15, -0.1) is 0 Å². The first-order chi connectivity index (χ1) is 10.7. The van der Waals surface area contributed by atoms with Gasteiger partial charge in [-0.2, -0.15) is 0 Å². The Labute approximate surface area is 141 Å². The smallest absolute Gasteiger partial charge is 0.410 e. The molecule has 1 heterocycles. The number of amides is 1. The van der Waals surface area contributed by atoms with Gasteiger partial charge in [-0.1, -0.05) is 12.2 Å². The van der Waals surface area contributed by atoms with Crippen LogP contribution in [0, 0.1) is 0 Å². The number of carbonyl (C=O) groups excluding carboxylic acids is 1. The highest BCUT2D eigenvalue weighted by Gasteiger charge is 2.32. The molecule has 1 aliphatic heterocycles. The minimum Gasteiger partial charge on any atom is -0.444 e. The van der Waals surface area contributed by atoms with E-state index in [1.54, 1.807) is 0 Å². The molecule has 1 aliphatic rings. The van der Waals surface area contributed by atoms with Crippen LogP contribution >= 0.6 is 0 Å². The van der Waals surface area contributed by atoms with Gasteiger partial charge >= 0.3 is 6.09 Å². The summed E-state index contributed by atoms with van der Waals surface area (Å²) < 4.78 is 11.0. The average molecular weight is 326 g/mol. The predicted molar refractivity (Wildman–Crippen MR) is 93.7 cm³/mol. The first-order valence-electron chi connectivity index (χ1n) is 8.64. The van der Waals surface area contributed by atoms with Crippen LogP contribution in [0.1, 0.15) is 53.9 Å². The molecule has 23 heavy (non-hydrogen) atoms. The van der Waals surface area contributed by atoms with E-state index in [0.29, 0.717) is 19.3 Å². The molecule has 5 nitrogen and oxygen atoms in total. The van der Waals surface area contributed by atoms with Gasteiger partial charge < -0.3 is 19.7 Å². The number of carbonyl (C=O) groups is 1. The Morgan fingerprint density at radius 3 is 2.74 bits per heavy atom. The summed E-state index contributed by atoms with van der Waals surface area (Å²) in [5, 5.41) is 3.46. The second kappa shape index (κ2) is 9.28. The lowest BCUT2D eigenvalue weighted by Gasteiger charge is -2.30. The Morgan fingerprint density at radius 2 is 2.13 bits per heavy atom. The summed E-state index contributed by atoms with van der Waals surface area (Å²) in [4.78, 5) is 14.2. The minimum atomic E-state index is -0.436. The number of likely N-dealkylation sites (tertiary alicyclic amines) is 1. The van der Waals surface area contributed by atoms with E-state index < -0.39 is 5.60 Å². The number of hydrogen-bond acceptors (Lipinski definition) is 4. The maximum atomic E-state index is 12.3. The first kappa shape index (κ1) is 20.0. The summed E-state index contributed by atoms with van der Waals surface area (Å²) in [5.74, 6) is 0. The van der Waals surface area contributed by atoms with E-state index >= 15 is 0 Å². The molecule has 0 spiro atoms. The molecule has 5 heteroatoms. The predicted octanol–water partition coefficient (Wildman–Crippen LogP) is 3.35. The van der Waals surface area contributed by atoms with E-state index in [2.05, 4.69) is 18.8 Å². The zero-order chi connectivity index (χ0) is 17.5. The molecule has 0 radical (unpaired) electrons. The van der Waals surface area contributed by atoms with Crippen molar-refractivity contribution in [1.29, 1.82) is 0 Å². The second-order valence-corrected chi connectivity index (χ2v) is 7.57. The normalized spacial score (nSPS) is 19.7. The van der Waals surface area contributed by atoms with E-state index in [1.807, 2.05) is 32.6 Å². The van der Waals surface area contributed by atoms with Gasteiger partial charge in [-0.3, -0.25) is 0 Å². The average Bonchev–Trinajstić information content (AvgIpc) is 2.84. The second-order valence-electron chi connectivity index (χ2n) is 7.57. The highest BCUT2D eigenvalue weighted by molar-refractivity contribution is 5.68. The van der Waals surface area contributed by atoms with Gasteiger partial charge in [0.2, 0.25) is 0 Å². The molecule has 1 N–H and O–H groups in total. The van der Waals surface area contributed by atoms with Crippen molar-refractivity contribution in [2.75, 3.05) is 26.3 Å². The van der Waals surface area contributed by atoms with Crippen molar-refractivity contribution < 1.29 is 14.3 Å². The molecule has 0 aromatic heterocycles. The Kier molecular flexibility index (Phi) is 8.06. The van der Waals surface area contributed by atoms with Gasteiger partial charge in [-0.05, 0) is 53.9 Å². The third-order valence-corrected chi connectivity index (χ3v) is 3.72. The molecule has 2 unspecified atom stereocenters. The summed E-state index contributed by atoms with van der Waals surface area (Å²) in [5.41, 5.74) is 0.603. The Morgan fingerprint density at radius 1 is 1.43 bits per heavy atom. The molecular weight excluding hydrogens is 292 g/mol. The van der Waals surface area contributed by atoms with Crippen molar-refractivity contribution >= 4 is 6.09 Å². The molecule has 0 saturated carbocycles. The standard InChI is InChI=1S/C18H34N2O3/c1-14(2)13-22-11-9-19-15(3)12-16-8-7-10-20(16)17(21)23-18(4,5)6/h15-16,19H,1,7-13H2,2-6H3. The van der Waals surface area contributed by atoms with Gasteiger partial charge in [0.15, 0.2) is 0 Å². The summed E-state index contributed by atoms with van der Waals surface area (Å²) in [6.07, 6.45) is 2.87. The fourth-order valence-electron chi connectivity index (χ4n) is 2.76. The van der Waals surface area contributed by atoms with E-state index in [0.717, 1.165) is 37.9 Å². The number of rotatable bonds is 8. The third-order valence-electron chi connectivity index (χ3n) is 3.72. The highest BCUT2D eigenvalue weighted by Crippen LogP contribution is 2.23. The first-order valence-corrected chi connectivity index (χ1v) is 8.64. The molecule has 0 aromatic carbocycles. The molecule has 1 fully saturated rings. The van der Waals surface area contributed by atoms with Crippen LogP contribution in [0.5, 0.6) is 0 Å². The number of hydrogen-bond donors (Lipinski definition) is 1. The van der Waals surface area contributed by atoms with E-state index in [1.165, 1.54) is 0 Å². The van der Waals surface area contributed by atoms with Crippen LogP contribution < -0.4 is 5.32 Å². The lowest BCUT2D eigenvalue weighted by molar-refractivity contribution is 0.0214. The number of nitrogens with one attached hydrogen (secondary N) is 1. The molecule has 2 atom stereocenters. The van der Waals surface area contributed by atoms with Crippen molar-refractivity contribution in [1.82, 2.24) is 10.2 Å². The largest absolute Gasteiger partial charge is 0.444 e. The maximum absolute atomic E-state index is 12.3. The molecule has 134 valence electrons. The van der Waals surface area contributed by atoms with Crippen LogP contribution in [0.4, 0.5) is 4.79 Å². The van der Waals surface area contributed by atoms with Crippen molar-refractivity contribution in [2.45, 2.75) is 71.6 Å². The quantitative estimate of drug-likeness (QED) is 0.549. The fourth-order valence-corrected chi connectivity index (χ4v) is 2.76. The zero-order valence-electron chi connectivity index (χ0n) is 15.5. The van der Waals surface area contributed by atoms with Gasteiger partial charge in [0.25, 0.3) is 0 Å². The number of ether oxygens (including phenoxy) is 2. The van der Waals surface area contributed by atoms with Crippen molar-refractivity contribution in [2.24, 2.45) is 0 Å². The topological polar surface area (TPSA) is 50.8 Å². The van der Waals surface area contributed by atoms with E-state index in [-0.39, 0.29) is 12.1 Å². The van der Waals surface area contributed by atoms with Gasteiger partial charge in [0, 0.05) is 25.2 Å². The van der Waals surface area contributed by atoms with E-state index in [4.69, 9.17) is 9.47 Å². The van der Waals surface area contributed by atoms with Gasteiger partial charge in [-0.25, -0.2) is 4.79 Å². The Balaban J connectivity index is 2.31. The molecule has 0 bridgehead atoms. The molecule has 0 aromatic rings. The maximum Gasteiger partial charge on any atom is 0.410 e. The summed E-state index contributed by atoms with van der Waals surface area (Å²) in [6.45, 7) is 16.6. The monoisotopic (exact) mass is 326 g/mol. The number of nitrogens with zero attached hydrogens (tertiary/aromatic N) is 1. The molecule has 1 rings (SSSR count). The summed E-state index contributed by atoms with van der Waals surface area (Å²) in [6, 6.07) is 0.611. The van der Waals surface area contributed by atoms with E-state index in [9.17, 15) is 4.79 Å². The lowest BCUT2D eigenvalue weighted by atomic mass is 10.1. The van der Waals surface area contributed by atoms with Crippen molar-refractivity contribution in [3.05, 3.63) is 12.2 Å². The minimum absolute atomic E-state index is 0.183. The molecule has 1 saturated heterocycles. The highest BCUT2D eigenvalue weighted by atomic mass is 16.6. The SMILES string of the molecule is C=C(C)COCCNC(C)CC1CCCN1C(=O)OC(C)(C)C. The van der Waals surface area contributed by atoms with Crippen LogP contribution in [0.2, 0.25) is 0 Å².